The molecule has 20 heavy (non-hydrogen) atoms. The SMILES string of the molecule is CNC(CSc1ncc[nH]1)c1ccc(CC(C)C)cc1. The van der Waals surface area contributed by atoms with Crippen molar-refractivity contribution in [3.8, 4) is 0 Å². The third kappa shape index (κ3) is 4.39. The molecule has 1 aromatic heterocycles. The summed E-state index contributed by atoms with van der Waals surface area (Å²) in [4.78, 5) is 7.37. The summed E-state index contributed by atoms with van der Waals surface area (Å²) in [5.41, 5.74) is 2.75. The highest BCUT2D eigenvalue weighted by Crippen LogP contribution is 2.22. The largest absolute Gasteiger partial charge is 0.340 e. The average Bonchev–Trinajstić information content (AvgIpc) is 2.94. The van der Waals surface area contributed by atoms with E-state index in [-0.39, 0.29) is 0 Å². The van der Waals surface area contributed by atoms with Crippen molar-refractivity contribution in [2.24, 2.45) is 5.92 Å². The number of aromatic amines is 1. The number of rotatable bonds is 7. The number of hydrogen-bond donors (Lipinski definition) is 2. The zero-order valence-corrected chi connectivity index (χ0v) is 13.2. The first-order valence-electron chi connectivity index (χ1n) is 7.07. The van der Waals surface area contributed by atoms with Crippen LogP contribution in [0.3, 0.4) is 0 Å². The number of thioether (sulfide) groups is 1. The first-order valence-corrected chi connectivity index (χ1v) is 8.06. The van der Waals surface area contributed by atoms with Crippen molar-refractivity contribution in [2.45, 2.75) is 31.5 Å². The highest BCUT2D eigenvalue weighted by molar-refractivity contribution is 7.99. The Hall–Kier alpha value is -1.26. The van der Waals surface area contributed by atoms with E-state index in [1.807, 2.05) is 13.2 Å². The van der Waals surface area contributed by atoms with Crippen LogP contribution in [0.15, 0.2) is 41.8 Å². The van der Waals surface area contributed by atoms with Crippen LogP contribution in [0.2, 0.25) is 0 Å². The molecule has 2 N–H and O–H groups in total. The highest BCUT2D eigenvalue weighted by atomic mass is 32.2. The van der Waals surface area contributed by atoms with Crippen LogP contribution in [0.1, 0.15) is 31.0 Å². The van der Waals surface area contributed by atoms with Crippen LogP contribution >= 0.6 is 11.8 Å². The summed E-state index contributed by atoms with van der Waals surface area (Å²) in [6, 6.07) is 9.32. The normalized spacial score (nSPS) is 12.8. The molecule has 108 valence electrons. The van der Waals surface area contributed by atoms with Crippen molar-refractivity contribution < 1.29 is 0 Å². The van der Waals surface area contributed by atoms with Crippen LogP contribution in [0.25, 0.3) is 0 Å². The van der Waals surface area contributed by atoms with Gasteiger partial charge in [0.25, 0.3) is 0 Å². The molecule has 3 nitrogen and oxygen atoms in total. The second kappa shape index (κ2) is 7.50. The van der Waals surface area contributed by atoms with Crippen molar-refractivity contribution in [3.63, 3.8) is 0 Å². The van der Waals surface area contributed by atoms with Gasteiger partial charge in [0.1, 0.15) is 0 Å². The molecule has 2 rings (SSSR count). The van der Waals surface area contributed by atoms with Crippen LogP contribution in [0, 0.1) is 5.92 Å². The Balaban J connectivity index is 1.96. The number of benzene rings is 1. The van der Waals surface area contributed by atoms with Crippen LogP contribution in [-0.4, -0.2) is 22.8 Å². The molecule has 4 heteroatoms. The summed E-state index contributed by atoms with van der Waals surface area (Å²) < 4.78 is 0. The molecule has 1 atom stereocenters. The Morgan fingerprint density at radius 1 is 1.25 bits per heavy atom. The van der Waals surface area contributed by atoms with Crippen molar-refractivity contribution in [3.05, 3.63) is 47.8 Å². The van der Waals surface area contributed by atoms with E-state index in [9.17, 15) is 0 Å². The molecular formula is C16H23N3S. The number of H-pyrrole nitrogens is 1. The number of hydrogen-bond acceptors (Lipinski definition) is 3. The number of aromatic nitrogens is 2. The summed E-state index contributed by atoms with van der Waals surface area (Å²) >= 11 is 1.74. The Bertz CT molecular complexity index is 491. The molecule has 0 amide bonds. The highest BCUT2D eigenvalue weighted by Gasteiger charge is 2.10. The fourth-order valence-electron chi connectivity index (χ4n) is 2.20. The van der Waals surface area contributed by atoms with Gasteiger partial charge in [0, 0.05) is 24.2 Å². The lowest BCUT2D eigenvalue weighted by molar-refractivity contribution is 0.643. The lowest BCUT2D eigenvalue weighted by Gasteiger charge is -2.16. The topological polar surface area (TPSA) is 40.7 Å². The molecule has 0 aliphatic carbocycles. The molecule has 0 spiro atoms. The van der Waals surface area contributed by atoms with E-state index in [1.165, 1.54) is 11.1 Å². The standard InChI is InChI=1S/C16H23N3S/c1-12(2)10-13-4-6-14(7-5-13)15(17-3)11-20-16-18-8-9-19-16/h4-9,12,15,17H,10-11H2,1-3H3,(H,18,19). The van der Waals surface area contributed by atoms with Gasteiger partial charge in [0.05, 0.1) is 0 Å². The Labute approximate surface area is 125 Å². The first-order chi connectivity index (χ1) is 9.69. The van der Waals surface area contributed by atoms with E-state index < -0.39 is 0 Å². The molecule has 0 radical (unpaired) electrons. The van der Waals surface area contributed by atoms with Gasteiger partial charge in [-0.15, -0.1) is 0 Å². The smallest absolute Gasteiger partial charge is 0.165 e. The number of nitrogens with zero attached hydrogens (tertiary/aromatic N) is 1. The maximum Gasteiger partial charge on any atom is 0.165 e. The summed E-state index contributed by atoms with van der Waals surface area (Å²) in [6.45, 7) is 4.51. The quantitative estimate of drug-likeness (QED) is 0.764. The number of nitrogens with one attached hydrogen (secondary N) is 2. The second-order valence-corrected chi connectivity index (χ2v) is 6.39. The van der Waals surface area contributed by atoms with Crippen molar-refractivity contribution in [1.82, 2.24) is 15.3 Å². The molecule has 0 fully saturated rings. The number of imidazole rings is 1. The molecule has 0 aliphatic heterocycles. The van der Waals surface area contributed by atoms with Gasteiger partial charge < -0.3 is 10.3 Å². The Kier molecular flexibility index (Phi) is 5.68. The minimum Gasteiger partial charge on any atom is -0.340 e. The predicted molar refractivity (Wildman–Crippen MR) is 86.1 cm³/mol. The summed E-state index contributed by atoms with van der Waals surface area (Å²) in [6.07, 6.45) is 4.79. The molecule has 0 saturated heterocycles. The van der Waals surface area contributed by atoms with Crippen LogP contribution in [-0.2, 0) is 6.42 Å². The fraction of sp³-hybridized carbons (Fsp3) is 0.438. The molecule has 0 bridgehead atoms. The zero-order chi connectivity index (χ0) is 14.4. The fourth-order valence-corrected chi connectivity index (χ4v) is 3.17. The molecule has 0 aliphatic rings. The third-order valence-corrected chi connectivity index (χ3v) is 4.23. The second-order valence-electron chi connectivity index (χ2n) is 5.39. The maximum atomic E-state index is 4.24. The molecule has 2 aromatic rings. The monoisotopic (exact) mass is 289 g/mol. The molecule has 1 unspecified atom stereocenters. The van der Waals surface area contributed by atoms with Gasteiger partial charge in [0.15, 0.2) is 5.16 Å². The minimum absolute atomic E-state index is 0.346. The molecule has 1 heterocycles. The molecule has 0 saturated carbocycles. The van der Waals surface area contributed by atoms with Crippen molar-refractivity contribution >= 4 is 11.8 Å². The van der Waals surface area contributed by atoms with Crippen molar-refractivity contribution in [1.29, 1.82) is 0 Å². The zero-order valence-electron chi connectivity index (χ0n) is 12.4. The van der Waals surface area contributed by atoms with E-state index in [2.05, 4.69) is 53.4 Å². The van der Waals surface area contributed by atoms with Gasteiger partial charge in [0.2, 0.25) is 0 Å². The maximum absolute atomic E-state index is 4.24. The van der Waals surface area contributed by atoms with Gasteiger partial charge in [-0.05, 0) is 30.5 Å². The summed E-state index contributed by atoms with van der Waals surface area (Å²) in [7, 11) is 2.01. The molecule has 1 aromatic carbocycles. The lowest BCUT2D eigenvalue weighted by Crippen LogP contribution is -2.18. The van der Waals surface area contributed by atoms with Crippen LogP contribution in [0.5, 0.6) is 0 Å². The first kappa shape index (κ1) is 15.1. The summed E-state index contributed by atoms with van der Waals surface area (Å²) in [5.74, 6) is 1.67. The van der Waals surface area contributed by atoms with E-state index >= 15 is 0 Å². The van der Waals surface area contributed by atoms with E-state index in [4.69, 9.17) is 0 Å². The van der Waals surface area contributed by atoms with Crippen LogP contribution < -0.4 is 5.32 Å². The average molecular weight is 289 g/mol. The summed E-state index contributed by atoms with van der Waals surface area (Å²) in [5, 5.41) is 4.35. The predicted octanol–water partition coefficient (Wildman–Crippen LogP) is 3.66. The lowest BCUT2D eigenvalue weighted by atomic mass is 10.00. The van der Waals surface area contributed by atoms with Gasteiger partial charge in [-0.1, -0.05) is 49.9 Å². The van der Waals surface area contributed by atoms with Crippen molar-refractivity contribution in [2.75, 3.05) is 12.8 Å². The third-order valence-electron chi connectivity index (χ3n) is 3.23. The van der Waals surface area contributed by atoms with E-state index in [1.54, 1.807) is 18.0 Å². The van der Waals surface area contributed by atoms with Gasteiger partial charge in [-0.25, -0.2) is 4.98 Å². The van der Waals surface area contributed by atoms with Gasteiger partial charge in [-0.3, -0.25) is 0 Å². The molecular weight excluding hydrogens is 266 g/mol. The van der Waals surface area contributed by atoms with Crippen LogP contribution in [0.4, 0.5) is 0 Å². The Morgan fingerprint density at radius 3 is 2.55 bits per heavy atom. The van der Waals surface area contributed by atoms with E-state index in [0.29, 0.717) is 12.0 Å². The van der Waals surface area contributed by atoms with E-state index in [0.717, 1.165) is 17.3 Å². The Morgan fingerprint density at radius 2 is 2.00 bits per heavy atom. The minimum atomic E-state index is 0.346. The van der Waals surface area contributed by atoms with Gasteiger partial charge in [-0.2, -0.15) is 0 Å². The van der Waals surface area contributed by atoms with Gasteiger partial charge >= 0.3 is 0 Å².